The summed E-state index contributed by atoms with van der Waals surface area (Å²) in [4.78, 5) is 14.5. The van der Waals surface area contributed by atoms with Crippen molar-refractivity contribution >= 4 is 5.78 Å². The van der Waals surface area contributed by atoms with Crippen molar-refractivity contribution in [2.45, 2.75) is 32.7 Å². The molecular formula is C17H25NO2. The second kappa shape index (κ2) is 8.18. The van der Waals surface area contributed by atoms with Gasteiger partial charge in [-0.25, -0.2) is 0 Å². The number of benzene rings is 1. The molecule has 0 atom stereocenters. The SMILES string of the molecule is CCOCCC(=O)C1CCN(Cc2ccccc2)CC1. The molecule has 1 aromatic carbocycles. The number of ether oxygens (including phenoxy) is 1. The minimum atomic E-state index is 0.252. The first-order chi connectivity index (χ1) is 9.79. The van der Waals surface area contributed by atoms with Gasteiger partial charge in [0.25, 0.3) is 0 Å². The summed E-state index contributed by atoms with van der Waals surface area (Å²) in [5.74, 6) is 0.639. The highest BCUT2D eigenvalue weighted by Crippen LogP contribution is 2.20. The van der Waals surface area contributed by atoms with E-state index < -0.39 is 0 Å². The van der Waals surface area contributed by atoms with Crippen LogP contribution in [0.3, 0.4) is 0 Å². The van der Waals surface area contributed by atoms with Gasteiger partial charge in [0, 0.05) is 25.5 Å². The third-order valence-corrected chi connectivity index (χ3v) is 3.99. The van der Waals surface area contributed by atoms with Gasteiger partial charge in [0.2, 0.25) is 0 Å². The van der Waals surface area contributed by atoms with Gasteiger partial charge >= 0.3 is 0 Å². The van der Waals surface area contributed by atoms with E-state index in [1.165, 1.54) is 5.56 Å². The van der Waals surface area contributed by atoms with Crippen molar-refractivity contribution in [2.75, 3.05) is 26.3 Å². The van der Waals surface area contributed by atoms with Crippen LogP contribution < -0.4 is 0 Å². The van der Waals surface area contributed by atoms with Gasteiger partial charge in [-0.15, -0.1) is 0 Å². The lowest BCUT2D eigenvalue weighted by Gasteiger charge is -2.31. The minimum Gasteiger partial charge on any atom is -0.381 e. The zero-order chi connectivity index (χ0) is 14.2. The number of Topliss-reactive ketones (excluding diaryl/α,β-unsaturated/α-hetero) is 1. The number of hydrogen-bond acceptors (Lipinski definition) is 3. The molecule has 1 aromatic rings. The Morgan fingerprint density at radius 2 is 1.95 bits per heavy atom. The maximum absolute atomic E-state index is 12.0. The van der Waals surface area contributed by atoms with Crippen molar-refractivity contribution in [1.29, 1.82) is 0 Å². The maximum atomic E-state index is 12.0. The number of ketones is 1. The molecule has 3 nitrogen and oxygen atoms in total. The van der Waals surface area contributed by atoms with Crippen molar-refractivity contribution in [2.24, 2.45) is 5.92 Å². The van der Waals surface area contributed by atoms with Crippen LogP contribution in [0.2, 0.25) is 0 Å². The zero-order valence-corrected chi connectivity index (χ0v) is 12.4. The standard InChI is InChI=1S/C17H25NO2/c1-2-20-13-10-17(19)16-8-11-18(12-9-16)14-15-6-4-3-5-7-15/h3-7,16H,2,8-14H2,1H3. The van der Waals surface area contributed by atoms with Gasteiger partial charge in [-0.3, -0.25) is 9.69 Å². The van der Waals surface area contributed by atoms with E-state index in [1.807, 2.05) is 13.0 Å². The van der Waals surface area contributed by atoms with Crippen LogP contribution in [0.4, 0.5) is 0 Å². The summed E-state index contributed by atoms with van der Waals surface area (Å²) in [5, 5.41) is 0. The Balaban J connectivity index is 1.71. The van der Waals surface area contributed by atoms with Crippen LogP contribution in [-0.4, -0.2) is 37.0 Å². The highest BCUT2D eigenvalue weighted by atomic mass is 16.5. The molecule has 0 unspecified atom stereocenters. The lowest BCUT2D eigenvalue weighted by atomic mass is 9.91. The summed E-state index contributed by atoms with van der Waals surface area (Å²) in [7, 11) is 0. The van der Waals surface area contributed by atoms with E-state index in [0.717, 1.165) is 32.5 Å². The maximum Gasteiger partial charge on any atom is 0.138 e. The summed E-state index contributed by atoms with van der Waals surface area (Å²) < 4.78 is 5.26. The number of piperidine rings is 1. The van der Waals surface area contributed by atoms with Gasteiger partial charge in [0.15, 0.2) is 0 Å². The number of carbonyl (C=O) groups excluding carboxylic acids is 1. The van der Waals surface area contributed by atoms with E-state index in [4.69, 9.17) is 4.74 Å². The van der Waals surface area contributed by atoms with Crippen LogP contribution in [0.1, 0.15) is 31.7 Å². The highest BCUT2D eigenvalue weighted by molar-refractivity contribution is 5.81. The summed E-state index contributed by atoms with van der Waals surface area (Å²) in [6.07, 6.45) is 2.58. The Morgan fingerprint density at radius 1 is 1.25 bits per heavy atom. The van der Waals surface area contributed by atoms with Gasteiger partial charge in [0.1, 0.15) is 5.78 Å². The molecular weight excluding hydrogens is 250 g/mol. The van der Waals surface area contributed by atoms with Gasteiger partial charge in [0.05, 0.1) is 6.61 Å². The minimum absolute atomic E-state index is 0.252. The van der Waals surface area contributed by atoms with Gasteiger partial charge < -0.3 is 4.74 Å². The molecule has 0 aromatic heterocycles. The van der Waals surface area contributed by atoms with E-state index in [9.17, 15) is 4.79 Å². The molecule has 0 spiro atoms. The third kappa shape index (κ3) is 4.73. The number of carbonyl (C=O) groups is 1. The molecule has 20 heavy (non-hydrogen) atoms. The predicted octanol–water partition coefficient (Wildman–Crippen LogP) is 2.89. The number of likely N-dealkylation sites (tertiary alicyclic amines) is 1. The third-order valence-electron chi connectivity index (χ3n) is 3.99. The second-order valence-corrected chi connectivity index (χ2v) is 5.45. The van der Waals surface area contributed by atoms with Gasteiger partial charge in [-0.1, -0.05) is 30.3 Å². The van der Waals surface area contributed by atoms with Crippen molar-refractivity contribution in [3.8, 4) is 0 Å². The Labute approximate surface area is 121 Å². The molecule has 1 aliphatic heterocycles. The highest BCUT2D eigenvalue weighted by Gasteiger charge is 2.24. The molecule has 1 saturated heterocycles. The number of nitrogens with zero attached hydrogens (tertiary/aromatic N) is 1. The summed E-state index contributed by atoms with van der Waals surface area (Å²) >= 11 is 0. The fourth-order valence-corrected chi connectivity index (χ4v) is 2.78. The summed E-state index contributed by atoms with van der Waals surface area (Å²) in [6.45, 7) is 6.30. The monoisotopic (exact) mass is 275 g/mol. The Hall–Kier alpha value is -1.19. The van der Waals surface area contributed by atoms with E-state index in [0.29, 0.717) is 25.4 Å². The fraction of sp³-hybridized carbons (Fsp3) is 0.588. The van der Waals surface area contributed by atoms with Gasteiger partial charge in [-0.05, 0) is 38.4 Å². The van der Waals surface area contributed by atoms with Gasteiger partial charge in [-0.2, -0.15) is 0 Å². The van der Waals surface area contributed by atoms with E-state index in [1.54, 1.807) is 0 Å². The van der Waals surface area contributed by atoms with E-state index >= 15 is 0 Å². The molecule has 1 aliphatic rings. The van der Waals surface area contributed by atoms with E-state index in [-0.39, 0.29) is 5.92 Å². The first-order valence-corrected chi connectivity index (χ1v) is 7.66. The van der Waals surface area contributed by atoms with Crippen molar-refractivity contribution in [1.82, 2.24) is 4.90 Å². The molecule has 3 heteroatoms. The Kier molecular flexibility index (Phi) is 6.22. The predicted molar refractivity (Wildman–Crippen MR) is 80.6 cm³/mol. The molecule has 0 bridgehead atoms. The molecule has 0 N–H and O–H groups in total. The largest absolute Gasteiger partial charge is 0.381 e. The summed E-state index contributed by atoms with van der Waals surface area (Å²) in [6, 6.07) is 10.5. The van der Waals surface area contributed by atoms with E-state index in [2.05, 4.69) is 29.2 Å². The van der Waals surface area contributed by atoms with Crippen LogP contribution in [-0.2, 0) is 16.1 Å². The van der Waals surface area contributed by atoms with Crippen molar-refractivity contribution in [3.63, 3.8) is 0 Å². The molecule has 1 fully saturated rings. The molecule has 1 heterocycles. The first kappa shape index (κ1) is 15.2. The lowest BCUT2D eigenvalue weighted by Crippen LogP contribution is -2.36. The normalized spacial score (nSPS) is 17.2. The molecule has 110 valence electrons. The molecule has 2 rings (SSSR count). The fourth-order valence-electron chi connectivity index (χ4n) is 2.78. The van der Waals surface area contributed by atoms with Crippen LogP contribution in [0.25, 0.3) is 0 Å². The average molecular weight is 275 g/mol. The number of rotatable bonds is 7. The Bertz CT molecular complexity index is 397. The molecule has 0 saturated carbocycles. The topological polar surface area (TPSA) is 29.5 Å². The van der Waals surface area contributed by atoms with Crippen LogP contribution in [0, 0.1) is 5.92 Å². The zero-order valence-electron chi connectivity index (χ0n) is 12.4. The quantitative estimate of drug-likeness (QED) is 0.717. The second-order valence-electron chi connectivity index (χ2n) is 5.45. The number of hydrogen-bond donors (Lipinski definition) is 0. The van der Waals surface area contributed by atoms with Crippen LogP contribution in [0.15, 0.2) is 30.3 Å². The van der Waals surface area contributed by atoms with Crippen LogP contribution >= 0.6 is 0 Å². The van der Waals surface area contributed by atoms with Crippen molar-refractivity contribution < 1.29 is 9.53 Å². The first-order valence-electron chi connectivity index (χ1n) is 7.66. The van der Waals surface area contributed by atoms with Crippen molar-refractivity contribution in [3.05, 3.63) is 35.9 Å². The summed E-state index contributed by atoms with van der Waals surface area (Å²) in [5.41, 5.74) is 1.36. The van der Waals surface area contributed by atoms with Crippen LogP contribution in [0.5, 0.6) is 0 Å². The smallest absolute Gasteiger partial charge is 0.138 e. The molecule has 0 aliphatic carbocycles. The average Bonchev–Trinajstić information content (AvgIpc) is 2.49. The Morgan fingerprint density at radius 3 is 2.60 bits per heavy atom. The molecule has 0 amide bonds. The lowest BCUT2D eigenvalue weighted by molar-refractivity contribution is -0.125. The molecule has 0 radical (unpaired) electrons.